The molecule has 2 unspecified atom stereocenters. The summed E-state index contributed by atoms with van der Waals surface area (Å²) < 4.78 is 0. The van der Waals surface area contributed by atoms with Gasteiger partial charge in [0.15, 0.2) is 0 Å². The summed E-state index contributed by atoms with van der Waals surface area (Å²) in [5, 5.41) is 0. The Kier molecular flexibility index (Phi) is 1.78. The Balaban J connectivity index is 2.32. The standard InChI is InChI=1S/C11H18/c1-8-9(2)11-5-3-4-10(8)6-7-11/h10-11H,3-7H2,1-2H3. The molecule has 1 saturated carbocycles. The van der Waals surface area contributed by atoms with Crippen LogP contribution in [0.15, 0.2) is 11.1 Å². The van der Waals surface area contributed by atoms with Crippen LogP contribution in [-0.4, -0.2) is 0 Å². The summed E-state index contributed by atoms with van der Waals surface area (Å²) >= 11 is 0. The predicted octanol–water partition coefficient (Wildman–Crippen LogP) is 3.53. The number of hydrogen-bond acceptors (Lipinski definition) is 0. The lowest BCUT2D eigenvalue weighted by atomic mass is 9.80. The molecule has 0 N–H and O–H groups in total. The summed E-state index contributed by atoms with van der Waals surface area (Å²) in [5.74, 6) is 1.93. The molecular formula is C11H18. The smallest absolute Gasteiger partial charge is 0.0203 e. The number of allylic oxidation sites excluding steroid dienone is 2. The normalized spacial score (nSPS) is 37.6. The molecule has 0 heterocycles. The van der Waals surface area contributed by atoms with E-state index in [4.69, 9.17) is 0 Å². The Morgan fingerprint density at radius 2 is 1.27 bits per heavy atom. The minimum absolute atomic E-state index is 0.966. The zero-order valence-electron chi connectivity index (χ0n) is 7.69. The van der Waals surface area contributed by atoms with Crippen molar-refractivity contribution < 1.29 is 0 Å². The van der Waals surface area contributed by atoms with Gasteiger partial charge in [-0.25, -0.2) is 0 Å². The minimum Gasteiger partial charge on any atom is -0.0710 e. The zero-order valence-corrected chi connectivity index (χ0v) is 7.69. The number of fused-ring (bicyclic) bond motifs is 3. The monoisotopic (exact) mass is 150 g/mol. The van der Waals surface area contributed by atoms with E-state index < -0.39 is 0 Å². The summed E-state index contributed by atoms with van der Waals surface area (Å²) in [6, 6.07) is 0. The first kappa shape index (κ1) is 7.39. The Morgan fingerprint density at radius 3 is 1.73 bits per heavy atom. The average Bonchev–Trinajstić information content (AvgIpc) is 2.30. The van der Waals surface area contributed by atoms with E-state index >= 15 is 0 Å². The van der Waals surface area contributed by atoms with Crippen LogP contribution in [0.25, 0.3) is 0 Å². The van der Waals surface area contributed by atoms with Gasteiger partial charge < -0.3 is 0 Å². The van der Waals surface area contributed by atoms with Crippen molar-refractivity contribution in [3.05, 3.63) is 11.1 Å². The van der Waals surface area contributed by atoms with Gasteiger partial charge in [0, 0.05) is 0 Å². The van der Waals surface area contributed by atoms with Crippen LogP contribution < -0.4 is 0 Å². The van der Waals surface area contributed by atoms with Crippen LogP contribution in [0.5, 0.6) is 0 Å². The van der Waals surface area contributed by atoms with Crippen LogP contribution in [0.4, 0.5) is 0 Å². The van der Waals surface area contributed by atoms with Gasteiger partial charge in [0.25, 0.3) is 0 Å². The lowest BCUT2D eigenvalue weighted by Crippen LogP contribution is -2.12. The maximum absolute atomic E-state index is 2.36. The van der Waals surface area contributed by atoms with Gasteiger partial charge in [-0.1, -0.05) is 17.6 Å². The van der Waals surface area contributed by atoms with Gasteiger partial charge in [-0.2, -0.15) is 0 Å². The number of rotatable bonds is 0. The zero-order chi connectivity index (χ0) is 7.84. The quantitative estimate of drug-likeness (QED) is 0.463. The second-order valence-corrected chi connectivity index (χ2v) is 4.27. The van der Waals surface area contributed by atoms with Gasteiger partial charge >= 0.3 is 0 Å². The van der Waals surface area contributed by atoms with E-state index in [1.165, 1.54) is 32.1 Å². The van der Waals surface area contributed by atoms with E-state index in [0.717, 1.165) is 11.8 Å². The largest absolute Gasteiger partial charge is 0.0710 e. The summed E-state index contributed by atoms with van der Waals surface area (Å²) in [5.41, 5.74) is 3.47. The van der Waals surface area contributed by atoms with E-state index in [-0.39, 0.29) is 0 Å². The first-order valence-electron chi connectivity index (χ1n) is 4.96. The first-order valence-corrected chi connectivity index (χ1v) is 4.96. The summed E-state index contributed by atoms with van der Waals surface area (Å²) in [6.07, 6.45) is 7.38. The molecule has 0 aromatic heterocycles. The van der Waals surface area contributed by atoms with E-state index in [1.54, 1.807) is 11.1 Å². The van der Waals surface area contributed by atoms with Crippen molar-refractivity contribution in [2.75, 3.05) is 0 Å². The molecule has 2 bridgehead atoms. The second kappa shape index (κ2) is 2.66. The van der Waals surface area contributed by atoms with E-state index in [1.807, 2.05) is 0 Å². The highest BCUT2D eigenvalue weighted by atomic mass is 14.3. The average molecular weight is 150 g/mol. The van der Waals surface area contributed by atoms with Crippen molar-refractivity contribution in [1.82, 2.24) is 0 Å². The summed E-state index contributed by atoms with van der Waals surface area (Å²) in [7, 11) is 0. The molecule has 1 fully saturated rings. The molecule has 0 aromatic rings. The Morgan fingerprint density at radius 1 is 0.818 bits per heavy atom. The highest BCUT2D eigenvalue weighted by molar-refractivity contribution is 5.20. The molecular weight excluding hydrogens is 132 g/mol. The van der Waals surface area contributed by atoms with Gasteiger partial charge in [-0.15, -0.1) is 0 Å². The van der Waals surface area contributed by atoms with Crippen LogP contribution in [-0.2, 0) is 0 Å². The fourth-order valence-electron chi connectivity index (χ4n) is 2.81. The van der Waals surface area contributed by atoms with Gasteiger partial charge in [0.05, 0.1) is 0 Å². The SMILES string of the molecule is CC1=C(C)C2CCCC1CC2. The molecule has 0 amide bonds. The molecule has 0 spiro atoms. The van der Waals surface area contributed by atoms with Crippen molar-refractivity contribution >= 4 is 0 Å². The van der Waals surface area contributed by atoms with Crippen LogP contribution in [0.2, 0.25) is 0 Å². The predicted molar refractivity (Wildman–Crippen MR) is 48.4 cm³/mol. The van der Waals surface area contributed by atoms with Crippen molar-refractivity contribution in [2.45, 2.75) is 46.0 Å². The van der Waals surface area contributed by atoms with Crippen molar-refractivity contribution in [1.29, 1.82) is 0 Å². The summed E-state index contributed by atoms with van der Waals surface area (Å²) in [6.45, 7) is 4.72. The molecule has 0 radical (unpaired) electrons. The molecule has 0 saturated heterocycles. The molecule has 3 aliphatic rings. The highest BCUT2D eigenvalue weighted by Crippen LogP contribution is 2.42. The third-order valence-corrected chi connectivity index (χ3v) is 3.82. The van der Waals surface area contributed by atoms with Crippen molar-refractivity contribution in [3.8, 4) is 0 Å². The number of hydrogen-bond donors (Lipinski definition) is 0. The molecule has 2 atom stereocenters. The third-order valence-electron chi connectivity index (χ3n) is 3.82. The Hall–Kier alpha value is -0.260. The molecule has 0 aromatic carbocycles. The van der Waals surface area contributed by atoms with E-state index in [2.05, 4.69) is 13.8 Å². The van der Waals surface area contributed by atoms with Crippen molar-refractivity contribution in [3.63, 3.8) is 0 Å². The van der Waals surface area contributed by atoms with Gasteiger partial charge in [-0.05, 0) is 51.4 Å². The topological polar surface area (TPSA) is 0 Å². The Labute approximate surface area is 69.7 Å². The minimum atomic E-state index is 0.966. The lowest BCUT2D eigenvalue weighted by Gasteiger charge is -2.26. The van der Waals surface area contributed by atoms with Crippen LogP contribution in [0.1, 0.15) is 46.0 Å². The van der Waals surface area contributed by atoms with E-state index in [9.17, 15) is 0 Å². The van der Waals surface area contributed by atoms with Gasteiger partial charge in [-0.3, -0.25) is 0 Å². The fourth-order valence-corrected chi connectivity index (χ4v) is 2.81. The van der Waals surface area contributed by atoms with Crippen LogP contribution in [0, 0.1) is 11.8 Å². The maximum atomic E-state index is 2.36. The first-order chi connectivity index (χ1) is 5.29. The molecule has 3 rings (SSSR count). The van der Waals surface area contributed by atoms with Gasteiger partial charge in [0.1, 0.15) is 0 Å². The molecule has 0 heteroatoms. The summed E-state index contributed by atoms with van der Waals surface area (Å²) in [4.78, 5) is 0. The van der Waals surface area contributed by atoms with Crippen LogP contribution >= 0.6 is 0 Å². The molecule has 3 aliphatic carbocycles. The third kappa shape index (κ3) is 1.13. The Bertz CT molecular complexity index is 164. The highest BCUT2D eigenvalue weighted by Gasteiger charge is 2.27. The fraction of sp³-hybridized carbons (Fsp3) is 0.818. The molecule has 62 valence electrons. The van der Waals surface area contributed by atoms with Gasteiger partial charge in [0.2, 0.25) is 0 Å². The molecule has 0 nitrogen and oxygen atoms in total. The van der Waals surface area contributed by atoms with E-state index in [0.29, 0.717) is 0 Å². The maximum Gasteiger partial charge on any atom is -0.0203 e. The second-order valence-electron chi connectivity index (χ2n) is 4.27. The van der Waals surface area contributed by atoms with Crippen molar-refractivity contribution in [2.24, 2.45) is 11.8 Å². The molecule has 0 aliphatic heterocycles. The lowest BCUT2D eigenvalue weighted by molar-refractivity contribution is 0.456. The molecule has 11 heavy (non-hydrogen) atoms. The van der Waals surface area contributed by atoms with Crippen LogP contribution in [0.3, 0.4) is 0 Å².